The summed E-state index contributed by atoms with van der Waals surface area (Å²) < 4.78 is 2.12. The normalized spacial score (nSPS) is 38.8. The molecule has 2 unspecified atom stereocenters. The van der Waals surface area contributed by atoms with Gasteiger partial charge in [0.25, 0.3) is 5.91 Å². The van der Waals surface area contributed by atoms with Crippen LogP contribution in [0.3, 0.4) is 0 Å². The van der Waals surface area contributed by atoms with Gasteiger partial charge in [-0.25, -0.2) is 0 Å². The van der Waals surface area contributed by atoms with Gasteiger partial charge in [0, 0.05) is 11.2 Å². The van der Waals surface area contributed by atoms with Crippen molar-refractivity contribution in [1.82, 2.24) is 4.31 Å². The van der Waals surface area contributed by atoms with Crippen molar-refractivity contribution >= 4 is 25.9 Å². The highest BCUT2D eigenvalue weighted by Crippen LogP contribution is 2.71. The molecule has 1 aliphatic heterocycles. The van der Waals surface area contributed by atoms with Gasteiger partial charge < -0.3 is 0 Å². The van der Waals surface area contributed by atoms with Gasteiger partial charge in [0.15, 0.2) is 0 Å². The molecule has 3 fully saturated rings. The van der Waals surface area contributed by atoms with Crippen LogP contribution < -0.4 is 0 Å². The number of hydrogen-bond donors (Lipinski definition) is 0. The van der Waals surface area contributed by atoms with E-state index in [1.165, 1.54) is 19.3 Å². The lowest BCUT2D eigenvalue weighted by Crippen LogP contribution is -2.42. The van der Waals surface area contributed by atoms with E-state index in [-0.39, 0.29) is 5.91 Å². The summed E-state index contributed by atoms with van der Waals surface area (Å²) in [6, 6.07) is 0.486. The van der Waals surface area contributed by atoms with E-state index in [9.17, 15) is 4.79 Å². The van der Waals surface area contributed by atoms with Crippen LogP contribution in [-0.4, -0.2) is 30.1 Å². The van der Waals surface area contributed by atoms with Gasteiger partial charge in [0.1, 0.15) is 0 Å². The second kappa shape index (κ2) is 4.39. The van der Waals surface area contributed by atoms with E-state index >= 15 is 0 Å². The van der Waals surface area contributed by atoms with Gasteiger partial charge in [-0.1, -0.05) is 39.2 Å². The van der Waals surface area contributed by atoms with Crippen molar-refractivity contribution in [3.05, 3.63) is 11.8 Å². The molecule has 0 aromatic carbocycles. The Kier molecular flexibility index (Phi) is 3.23. The Morgan fingerprint density at radius 3 is 2.65 bits per heavy atom. The van der Waals surface area contributed by atoms with E-state index in [0.717, 1.165) is 11.7 Å². The number of rotatable bonds is 2. The standard InChI is InChI=1S/C16H27NOSSi/c1-15(2)12-6-8-16(15)11-19-17(13(16)10-12)14(18)7-9-20(3,4)5/h7,9,12-13H,6,8,10-11H2,1-5H3/t12?,13?,16-/m1/s1. The van der Waals surface area contributed by atoms with Crippen LogP contribution in [0, 0.1) is 16.7 Å². The molecular weight excluding hydrogens is 282 g/mol. The lowest BCUT2D eigenvalue weighted by molar-refractivity contribution is -0.123. The van der Waals surface area contributed by atoms with Gasteiger partial charge in [0.2, 0.25) is 0 Å². The Balaban J connectivity index is 1.80. The van der Waals surface area contributed by atoms with Crippen LogP contribution in [0.1, 0.15) is 33.1 Å². The van der Waals surface area contributed by atoms with Crippen molar-refractivity contribution in [2.75, 3.05) is 5.75 Å². The molecule has 0 aromatic rings. The fourth-order valence-corrected chi connectivity index (χ4v) is 6.96. The zero-order chi connectivity index (χ0) is 14.8. The van der Waals surface area contributed by atoms with E-state index in [1.54, 1.807) is 11.9 Å². The maximum Gasteiger partial charge on any atom is 0.255 e. The summed E-state index contributed by atoms with van der Waals surface area (Å²) in [4.78, 5) is 12.6. The third kappa shape index (κ3) is 1.94. The molecule has 3 rings (SSSR count). The summed E-state index contributed by atoms with van der Waals surface area (Å²) in [5.74, 6) is 2.21. The number of nitrogens with zero attached hydrogens (tertiary/aromatic N) is 1. The first-order valence-corrected chi connectivity index (χ1v) is 12.3. The summed E-state index contributed by atoms with van der Waals surface area (Å²) in [5, 5.41) is 0. The Labute approximate surface area is 128 Å². The highest BCUT2D eigenvalue weighted by atomic mass is 32.2. The lowest BCUT2D eigenvalue weighted by Gasteiger charge is -2.37. The molecule has 0 aromatic heterocycles. The van der Waals surface area contributed by atoms with Gasteiger partial charge >= 0.3 is 0 Å². The molecule has 3 atom stereocenters. The van der Waals surface area contributed by atoms with E-state index < -0.39 is 8.07 Å². The van der Waals surface area contributed by atoms with Crippen molar-refractivity contribution in [3.8, 4) is 0 Å². The minimum atomic E-state index is -1.29. The maximum atomic E-state index is 12.6. The van der Waals surface area contributed by atoms with Crippen LogP contribution in [-0.2, 0) is 4.79 Å². The van der Waals surface area contributed by atoms with E-state index in [4.69, 9.17) is 0 Å². The molecule has 20 heavy (non-hydrogen) atoms. The average Bonchev–Trinajstić information content (AvgIpc) is 2.91. The topological polar surface area (TPSA) is 20.3 Å². The van der Waals surface area contributed by atoms with E-state index in [1.807, 2.05) is 6.08 Å². The molecule has 4 heteroatoms. The quantitative estimate of drug-likeness (QED) is 0.435. The smallest absolute Gasteiger partial charge is 0.255 e. The number of amides is 1. The fraction of sp³-hybridized carbons (Fsp3) is 0.812. The van der Waals surface area contributed by atoms with Crippen molar-refractivity contribution < 1.29 is 4.79 Å². The third-order valence-electron chi connectivity index (χ3n) is 6.08. The fourth-order valence-electron chi connectivity index (χ4n) is 4.59. The molecule has 1 saturated heterocycles. The Morgan fingerprint density at radius 2 is 2.05 bits per heavy atom. The third-order valence-corrected chi connectivity index (χ3v) is 8.60. The minimum absolute atomic E-state index is 0.239. The molecule has 2 bridgehead atoms. The molecule has 1 spiro atoms. The molecule has 1 amide bonds. The number of carbonyl (C=O) groups is 1. The largest absolute Gasteiger partial charge is 0.279 e. The predicted octanol–water partition coefficient (Wildman–Crippen LogP) is 4.11. The van der Waals surface area contributed by atoms with Crippen LogP contribution in [0.2, 0.25) is 19.6 Å². The first-order chi connectivity index (χ1) is 9.17. The highest BCUT2D eigenvalue weighted by Gasteiger charge is 2.68. The van der Waals surface area contributed by atoms with Gasteiger partial charge in [-0.2, -0.15) is 0 Å². The number of carbonyl (C=O) groups excluding carboxylic acids is 1. The molecule has 112 valence electrons. The van der Waals surface area contributed by atoms with Crippen LogP contribution in [0.5, 0.6) is 0 Å². The Bertz CT molecular complexity index is 468. The molecule has 3 aliphatic rings. The molecule has 1 heterocycles. The van der Waals surface area contributed by atoms with Crippen molar-refractivity contribution in [3.63, 3.8) is 0 Å². The Morgan fingerprint density at radius 1 is 1.35 bits per heavy atom. The molecule has 0 radical (unpaired) electrons. The molecule has 0 N–H and O–H groups in total. The number of fused-ring (bicyclic) bond motifs is 1. The van der Waals surface area contributed by atoms with Crippen LogP contribution in [0.25, 0.3) is 0 Å². The maximum absolute atomic E-state index is 12.6. The van der Waals surface area contributed by atoms with Gasteiger partial charge in [0.05, 0.1) is 14.1 Å². The van der Waals surface area contributed by atoms with Crippen molar-refractivity contribution in [2.24, 2.45) is 16.7 Å². The first kappa shape index (κ1) is 14.7. The zero-order valence-corrected chi connectivity index (χ0v) is 15.2. The highest BCUT2D eigenvalue weighted by molar-refractivity contribution is 7.97. The van der Waals surface area contributed by atoms with Crippen LogP contribution in [0.4, 0.5) is 0 Å². The van der Waals surface area contributed by atoms with Crippen molar-refractivity contribution in [1.29, 1.82) is 0 Å². The molecular formula is C16H27NOSSi. The van der Waals surface area contributed by atoms with Crippen LogP contribution in [0.15, 0.2) is 11.8 Å². The summed E-state index contributed by atoms with van der Waals surface area (Å²) in [7, 11) is -1.29. The zero-order valence-electron chi connectivity index (χ0n) is 13.4. The molecule has 2 saturated carbocycles. The SMILES string of the molecule is CC1(C)C2CC[C@]13CSN(C(=O)C=C[Si](C)(C)C)C3C2. The van der Waals surface area contributed by atoms with Crippen molar-refractivity contribution in [2.45, 2.75) is 58.8 Å². The molecule has 2 nitrogen and oxygen atoms in total. The van der Waals surface area contributed by atoms with E-state index in [2.05, 4.69) is 43.5 Å². The van der Waals surface area contributed by atoms with Gasteiger partial charge in [-0.15, -0.1) is 0 Å². The van der Waals surface area contributed by atoms with Crippen LogP contribution >= 0.6 is 11.9 Å². The summed E-state index contributed by atoms with van der Waals surface area (Å²) in [6.07, 6.45) is 5.78. The van der Waals surface area contributed by atoms with Gasteiger partial charge in [-0.3, -0.25) is 9.10 Å². The second-order valence-corrected chi connectivity index (χ2v) is 14.5. The Hall–Kier alpha value is -0.223. The predicted molar refractivity (Wildman–Crippen MR) is 89.1 cm³/mol. The molecule has 2 aliphatic carbocycles. The minimum Gasteiger partial charge on any atom is -0.279 e. The number of hydrogen-bond acceptors (Lipinski definition) is 2. The monoisotopic (exact) mass is 309 g/mol. The summed E-state index contributed by atoms with van der Waals surface area (Å²) >= 11 is 1.79. The summed E-state index contributed by atoms with van der Waals surface area (Å²) in [5.41, 5.74) is 2.99. The summed E-state index contributed by atoms with van der Waals surface area (Å²) in [6.45, 7) is 11.7. The first-order valence-electron chi connectivity index (χ1n) is 7.83. The second-order valence-electron chi connectivity index (χ2n) is 8.50. The lowest BCUT2D eigenvalue weighted by atomic mass is 9.69. The average molecular weight is 310 g/mol. The van der Waals surface area contributed by atoms with Gasteiger partial charge in [-0.05, 0) is 48.6 Å². The van der Waals surface area contributed by atoms with E-state index in [0.29, 0.717) is 16.9 Å².